The van der Waals surface area contributed by atoms with Crippen LogP contribution in [0.2, 0.25) is 0 Å². The number of fused-ring (bicyclic) bond motifs is 1. The summed E-state index contributed by atoms with van der Waals surface area (Å²) in [5, 5.41) is 14.1. The van der Waals surface area contributed by atoms with Crippen LogP contribution in [0.15, 0.2) is 30.3 Å². The average molecular weight is 668 g/mol. The molecule has 0 saturated carbocycles. The van der Waals surface area contributed by atoms with E-state index in [1.54, 1.807) is 13.8 Å². The van der Waals surface area contributed by atoms with Gasteiger partial charge >= 0.3 is 0 Å². The lowest BCUT2D eigenvalue weighted by molar-refractivity contribution is -0.139. The van der Waals surface area contributed by atoms with Crippen molar-refractivity contribution < 1.29 is 28.8 Å². The molecule has 3 saturated heterocycles. The number of nitrogens with zero attached hydrogens (tertiary/aromatic N) is 2. The van der Waals surface area contributed by atoms with E-state index < -0.39 is 47.8 Å². The Morgan fingerprint density at radius 1 is 0.875 bits per heavy atom. The average Bonchev–Trinajstić information content (AvgIpc) is 3.07. The van der Waals surface area contributed by atoms with Crippen molar-refractivity contribution in [3.63, 3.8) is 0 Å². The number of rotatable bonds is 5. The number of hydrogen-bond donors (Lipinski definition) is 5. The Hall–Kier alpha value is -4.00. The summed E-state index contributed by atoms with van der Waals surface area (Å²) in [6.45, 7) is 7.03. The molecule has 1 aromatic rings. The third-order valence-corrected chi connectivity index (χ3v) is 9.70. The molecule has 3 aliphatic heterocycles. The number of nitrogens with one attached hydrogen (secondary N) is 5. The molecule has 0 unspecified atom stereocenters. The van der Waals surface area contributed by atoms with Crippen molar-refractivity contribution in [3.8, 4) is 0 Å². The van der Waals surface area contributed by atoms with Crippen LogP contribution >= 0.6 is 0 Å². The van der Waals surface area contributed by atoms with Gasteiger partial charge in [0.2, 0.25) is 35.4 Å². The molecule has 48 heavy (non-hydrogen) atoms. The third-order valence-electron chi connectivity index (χ3n) is 9.70. The minimum atomic E-state index is -1.03. The molecule has 0 bridgehead atoms. The molecule has 0 aromatic heterocycles. The van der Waals surface area contributed by atoms with Gasteiger partial charge in [-0.1, -0.05) is 50.6 Å². The number of benzene rings is 1. The second-order valence-electron chi connectivity index (χ2n) is 13.8. The van der Waals surface area contributed by atoms with Crippen LogP contribution in [-0.2, 0) is 35.2 Å². The lowest BCUT2D eigenvalue weighted by Gasteiger charge is -2.43. The molecule has 3 heterocycles. The van der Waals surface area contributed by atoms with Crippen LogP contribution in [-0.4, -0.2) is 109 Å². The predicted octanol–water partition coefficient (Wildman–Crippen LogP) is 0.477. The summed E-state index contributed by atoms with van der Waals surface area (Å²) >= 11 is 0. The number of hydrogen-bond acceptors (Lipinski definition) is 7. The molecular formula is C35H53N7O6. The van der Waals surface area contributed by atoms with Gasteiger partial charge in [-0.05, 0) is 70.0 Å². The van der Waals surface area contributed by atoms with Crippen molar-refractivity contribution in [2.24, 2.45) is 11.8 Å². The number of carbonyl (C=O) groups is 6. The molecule has 4 rings (SSSR count). The number of piperidine rings is 2. The zero-order valence-electron chi connectivity index (χ0n) is 28.8. The molecule has 264 valence electrons. The van der Waals surface area contributed by atoms with Crippen molar-refractivity contribution in [2.45, 2.75) is 102 Å². The Balaban J connectivity index is 1.52. The quantitative estimate of drug-likeness (QED) is 0.304. The van der Waals surface area contributed by atoms with Crippen molar-refractivity contribution in [3.05, 3.63) is 35.9 Å². The van der Waals surface area contributed by atoms with Crippen molar-refractivity contribution in [2.75, 3.05) is 33.2 Å². The molecule has 6 atom stereocenters. The van der Waals surface area contributed by atoms with Gasteiger partial charge in [-0.2, -0.15) is 0 Å². The minimum Gasteiger partial charge on any atom is -0.355 e. The van der Waals surface area contributed by atoms with Crippen LogP contribution in [0.25, 0.3) is 0 Å². The SMILES string of the molecule is CC(C)[C@H]1NC(=O)[C@@H](NC(=O)[C@@H]2CCCN3CCCC[C@H]23)CCCNC(=O)CN(C)C(=O)[C@H](Cc2ccccc2)NC(=O)[C@@H](C)NC1=O. The van der Waals surface area contributed by atoms with E-state index in [9.17, 15) is 28.8 Å². The second kappa shape index (κ2) is 17.4. The molecule has 3 fully saturated rings. The Bertz CT molecular complexity index is 1310. The summed E-state index contributed by atoms with van der Waals surface area (Å²) in [6.07, 6.45) is 5.63. The first-order valence-corrected chi connectivity index (χ1v) is 17.5. The fourth-order valence-corrected chi connectivity index (χ4v) is 6.96. The first-order chi connectivity index (χ1) is 22.9. The first-order valence-electron chi connectivity index (χ1n) is 17.5. The Kier molecular flexibility index (Phi) is 13.4. The molecule has 0 aliphatic carbocycles. The topological polar surface area (TPSA) is 169 Å². The van der Waals surface area contributed by atoms with Crippen LogP contribution in [0.4, 0.5) is 0 Å². The largest absolute Gasteiger partial charge is 0.355 e. The van der Waals surface area contributed by atoms with Gasteiger partial charge in [0.05, 0.1) is 12.5 Å². The van der Waals surface area contributed by atoms with Crippen LogP contribution in [0.3, 0.4) is 0 Å². The van der Waals surface area contributed by atoms with Gasteiger partial charge in [-0.25, -0.2) is 0 Å². The molecule has 5 N–H and O–H groups in total. The van der Waals surface area contributed by atoms with Gasteiger partial charge < -0.3 is 31.5 Å². The fourth-order valence-electron chi connectivity index (χ4n) is 6.96. The van der Waals surface area contributed by atoms with E-state index in [-0.39, 0.29) is 55.6 Å². The lowest BCUT2D eigenvalue weighted by atomic mass is 9.83. The van der Waals surface area contributed by atoms with E-state index >= 15 is 0 Å². The number of carbonyl (C=O) groups excluding carboxylic acids is 6. The van der Waals surface area contributed by atoms with E-state index in [1.165, 1.54) is 18.9 Å². The molecule has 1 aromatic carbocycles. The normalized spacial score (nSPS) is 29.0. The highest BCUT2D eigenvalue weighted by molar-refractivity contribution is 5.96. The van der Waals surface area contributed by atoms with Crippen molar-refractivity contribution >= 4 is 35.4 Å². The summed E-state index contributed by atoms with van der Waals surface area (Å²) in [6, 6.07) is 5.43. The van der Waals surface area contributed by atoms with E-state index in [1.807, 2.05) is 30.3 Å². The van der Waals surface area contributed by atoms with Crippen LogP contribution in [0, 0.1) is 11.8 Å². The summed E-state index contributed by atoms with van der Waals surface area (Å²) < 4.78 is 0. The van der Waals surface area contributed by atoms with Gasteiger partial charge in [0.1, 0.15) is 24.2 Å². The molecule has 0 radical (unpaired) electrons. The number of likely N-dealkylation sites (N-methyl/N-ethyl adjacent to an activating group) is 1. The maximum atomic E-state index is 13.7. The third kappa shape index (κ3) is 10.0. The monoisotopic (exact) mass is 667 g/mol. The smallest absolute Gasteiger partial charge is 0.245 e. The predicted molar refractivity (Wildman–Crippen MR) is 180 cm³/mol. The molecule has 3 aliphatic rings. The summed E-state index contributed by atoms with van der Waals surface area (Å²) in [4.78, 5) is 84.2. The van der Waals surface area contributed by atoms with Gasteiger partial charge in [0.25, 0.3) is 0 Å². The summed E-state index contributed by atoms with van der Waals surface area (Å²) in [5.41, 5.74) is 0.816. The zero-order valence-corrected chi connectivity index (χ0v) is 28.8. The highest BCUT2D eigenvalue weighted by Gasteiger charge is 2.39. The zero-order chi connectivity index (χ0) is 34.8. The van der Waals surface area contributed by atoms with Gasteiger partial charge in [-0.15, -0.1) is 0 Å². The van der Waals surface area contributed by atoms with Crippen LogP contribution in [0.1, 0.15) is 71.3 Å². The van der Waals surface area contributed by atoms with E-state index in [2.05, 4.69) is 31.5 Å². The lowest BCUT2D eigenvalue weighted by Crippen LogP contribution is -2.60. The van der Waals surface area contributed by atoms with Crippen molar-refractivity contribution in [1.29, 1.82) is 0 Å². The summed E-state index contributed by atoms with van der Waals surface area (Å²) in [5.74, 6) is -3.18. The fraction of sp³-hybridized carbons (Fsp3) is 0.657. The molecule has 6 amide bonds. The maximum Gasteiger partial charge on any atom is 0.245 e. The van der Waals surface area contributed by atoms with E-state index in [0.717, 1.165) is 50.8 Å². The highest BCUT2D eigenvalue weighted by atomic mass is 16.2. The standard InChI is InChI=1S/C35H53N7O6/c1-22(2)30-34(47)37-23(3)31(44)39-27(20-24-12-6-5-7-13-24)35(48)41(4)21-29(43)36-17-10-15-26(33(46)40-30)38-32(45)25-14-11-19-42-18-9-8-16-28(25)42/h5-7,12-13,22-23,25-28,30H,8-11,14-21H2,1-4H3,(H,36,43)(H,37,47)(H,38,45)(H,39,44)(H,40,46)/t23-,25-,26+,27+,28-,30-/m1/s1. The van der Waals surface area contributed by atoms with Gasteiger partial charge in [0, 0.05) is 26.1 Å². The molecular weight excluding hydrogens is 614 g/mol. The van der Waals surface area contributed by atoms with Crippen LogP contribution in [0.5, 0.6) is 0 Å². The first kappa shape index (κ1) is 36.8. The van der Waals surface area contributed by atoms with Gasteiger partial charge in [-0.3, -0.25) is 33.7 Å². The van der Waals surface area contributed by atoms with Crippen LogP contribution < -0.4 is 26.6 Å². The molecule has 0 spiro atoms. The van der Waals surface area contributed by atoms with E-state index in [4.69, 9.17) is 0 Å². The number of amides is 6. The Morgan fingerprint density at radius 2 is 1.60 bits per heavy atom. The Morgan fingerprint density at radius 3 is 2.33 bits per heavy atom. The maximum absolute atomic E-state index is 13.7. The van der Waals surface area contributed by atoms with Crippen molar-refractivity contribution in [1.82, 2.24) is 36.4 Å². The minimum absolute atomic E-state index is 0.155. The molecule has 13 heteroatoms. The molecule has 13 nitrogen and oxygen atoms in total. The summed E-state index contributed by atoms with van der Waals surface area (Å²) in [7, 11) is 1.50. The van der Waals surface area contributed by atoms with E-state index in [0.29, 0.717) is 6.42 Å². The Labute approximate surface area is 283 Å². The highest BCUT2D eigenvalue weighted by Crippen LogP contribution is 2.31. The van der Waals surface area contributed by atoms with Gasteiger partial charge in [0.15, 0.2) is 0 Å². The second-order valence-corrected chi connectivity index (χ2v) is 13.8.